The topological polar surface area (TPSA) is 144 Å². The summed E-state index contributed by atoms with van der Waals surface area (Å²) in [5, 5.41) is 28.0. The number of carboxylic acid groups (broad SMARTS) is 1. The van der Waals surface area contributed by atoms with E-state index in [1.165, 1.54) is 31.4 Å². The van der Waals surface area contributed by atoms with Gasteiger partial charge in [-0.1, -0.05) is 11.6 Å². The van der Waals surface area contributed by atoms with Gasteiger partial charge < -0.3 is 14.3 Å². The Morgan fingerprint density at radius 3 is 2.80 bits per heavy atom. The first-order chi connectivity index (χ1) is 16.7. The Kier molecular flexibility index (Phi) is 6.85. The van der Waals surface area contributed by atoms with Crippen molar-refractivity contribution in [2.24, 2.45) is 0 Å². The molecule has 0 radical (unpaired) electrons. The van der Waals surface area contributed by atoms with E-state index >= 15 is 0 Å². The molecule has 0 bridgehead atoms. The zero-order chi connectivity index (χ0) is 25.1. The van der Waals surface area contributed by atoms with Crippen molar-refractivity contribution in [2.45, 2.75) is 5.16 Å². The van der Waals surface area contributed by atoms with Crippen LogP contribution in [0.1, 0.15) is 5.76 Å². The number of ether oxygens (including phenoxy) is 1. The van der Waals surface area contributed by atoms with Gasteiger partial charge in [0.05, 0.1) is 17.6 Å². The van der Waals surface area contributed by atoms with Crippen LogP contribution in [0.3, 0.4) is 0 Å². The number of carbonyl (C=O) groups is 1. The molecule has 0 aliphatic carbocycles. The Labute approximate surface area is 205 Å². The molecule has 0 atom stereocenters. The van der Waals surface area contributed by atoms with Crippen LogP contribution in [0.5, 0.6) is 5.75 Å². The lowest BCUT2D eigenvalue weighted by Crippen LogP contribution is -1.97. The van der Waals surface area contributed by atoms with Crippen LogP contribution >= 0.6 is 23.4 Å². The Hall–Kier alpha value is -4.16. The summed E-state index contributed by atoms with van der Waals surface area (Å²) in [7, 11) is 1.49. The van der Waals surface area contributed by atoms with E-state index in [0.717, 1.165) is 23.9 Å². The molecule has 2 N–H and O–H groups in total. The predicted molar refractivity (Wildman–Crippen MR) is 126 cm³/mol. The lowest BCUT2D eigenvalue weighted by Gasteiger charge is -2.05. The Morgan fingerprint density at radius 1 is 1.29 bits per heavy atom. The van der Waals surface area contributed by atoms with Crippen LogP contribution in [0, 0.1) is 15.9 Å². The van der Waals surface area contributed by atoms with Crippen LogP contribution in [0.4, 0.5) is 10.1 Å². The van der Waals surface area contributed by atoms with Gasteiger partial charge in [-0.2, -0.15) is 4.39 Å². The minimum Gasteiger partial charge on any atom is -0.496 e. The second kappa shape index (κ2) is 9.99. The molecule has 4 rings (SSSR count). The molecule has 0 saturated heterocycles. The van der Waals surface area contributed by atoms with E-state index in [0.29, 0.717) is 22.2 Å². The molecule has 13 heteroatoms. The van der Waals surface area contributed by atoms with Crippen molar-refractivity contribution in [3.8, 4) is 28.5 Å². The first kappa shape index (κ1) is 24.0. The maximum absolute atomic E-state index is 13.6. The SMILES string of the molecule is COc1ccc(Cl)cc1-c1nc(S/C(=C\c2ccc(-c3ccc(F)c([N+](=O)[O-])c3)o2)C(=O)O)n[nH]1. The van der Waals surface area contributed by atoms with Crippen LogP contribution in [-0.2, 0) is 4.79 Å². The molecule has 4 aromatic rings. The summed E-state index contributed by atoms with van der Waals surface area (Å²) in [4.78, 5) is 26.1. The number of nitro benzene ring substituents is 1. The van der Waals surface area contributed by atoms with Gasteiger partial charge in [-0.05, 0) is 54.2 Å². The molecule has 0 fully saturated rings. The number of H-pyrrole nitrogens is 1. The first-order valence-corrected chi connectivity index (χ1v) is 10.9. The Bertz CT molecular complexity index is 1470. The van der Waals surface area contributed by atoms with E-state index in [-0.39, 0.29) is 27.1 Å². The van der Waals surface area contributed by atoms with Gasteiger partial charge in [0.25, 0.3) is 0 Å². The molecule has 2 heterocycles. The summed E-state index contributed by atoms with van der Waals surface area (Å²) in [6, 6.07) is 11.2. The number of nitro groups is 1. The number of aromatic amines is 1. The number of thioether (sulfide) groups is 1. The molecule has 0 spiro atoms. The van der Waals surface area contributed by atoms with E-state index in [4.69, 9.17) is 20.8 Å². The molecule has 0 amide bonds. The van der Waals surface area contributed by atoms with Crippen molar-refractivity contribution >= 4 is 41.1 Å². The number of nitrogens with one attached hydrogen (secondary N) is 1. The number of hydrogen-bond acceptors (Lipinski definition) is 8. The first-order valence-electron chi connectivity index (χ1n) is 9.68. The van der Waals surface area contributed by atoms with Crippen molar-refractivity contribution in [1.29, 1.82) is 0 Å². The summed E-state index contributed by atoms with van der Waals surface area (Å²) in [5.41, 5.74) is 0.107. The second-order valence-electron chi connectivity index (χ2n) is 6.85. The fourth-order valence-electron chi connectivity index (χ4n) is 3.03. The fourth-order valence-corrected chi connectivity index (χ4v) is 3.89. The fraction of sp³-hybridized carbons (Fsp3) is 0.0455. The number of methoxy groups -OCH3 is 1. The third-order valence-corrected chi connectivity index (χ3v) is 5.73. The maximum Gasteiger partial charge on any atom is 0.342 e. The summed E-state index contributed by atoms with van der Waals surface area (Å²) < 4.78 is 24.5. The molecule has 35 heavy (non-hydrogen) atoms. The summed E-state index contributed by atoms with van der Waals surface area (Å²) in [6.45, 7) is 0. The second-order valence-corrected chi connectivity index (χ2v) is 8.30. The maximum atomic E-state index is 13.6. The molecule has 0 aliphatic rings. The van der Waals surface area contributed by atoms with Crippen molar-refractivity contribution in [2.75, 3.05) is 7.11 Å². The van der Waals surface area contributed by atoms with Crippen molar-refractivity contribution in [1.82, 2.24) is 15.2 Å². The third kappa shape index (κ3) is 5.34. The number of hydrogen-bond donors (Lipinski definition) is 2. The predicted octanol–water partition coefficient (Wildman–Crippen LogP) is 5.66. The average Bonchev–Trinajstić information content (AvgIpc) is 3.48. The summed E-state index contributed by atoms with van der Waals surface area (Å²) in [5.74, 6) is -1.05. The minimum atomic E-state index is -1.25. The van der Waals surface area contributed by atoms with Gasteiger partial charge in [0.15, 0.2) is 5.82 Å². The normalized spacial score (nSPS) is 11.5. The Balaban J connectivity index is 1.59. The van der Waals surface area contributed by atoms with E-state index in [9.17, 15) is 24.4 Å². The lowest BCUT2D eigenvalue weighted by atomic mass is 10.1. The van der Waals surface area contributed by atoms with Gasteiger partial charge in [0.1, 0.15) is 22.2 Å². The van der Waals surface area contributed by atoms with Gasteiger partial charge in [-0.25, -0.2) is 9.78 Å². The van der Waals surface area contributed by atoms with E-state index in [1.54, 1.807) is 18.2 Å². The number of rotatable bonds is 8. The van der Waals surface area contributed by atoms with Crippen LogP contribution in [0.2, 0.25) is 5.02 Å². The molecule has 10 nitrogen and oxygen atoms in total. The largest absolute Gasteiger partial charge is 0.496 e. The number of aromatic nitrogens is 3. The zero-order valence-electron chi connectivity index (χ0n) is 17.7. The highest BCUT2D eigenvalue weighted by molar-refractivity contribution is 8.04. The quantitative estimate of drug-likeness (QED) is 0.131. The molecule has 2 aromatic heterocycles. The van der Waals surface area contributed by atoms with E-state index < -0.39 is 22.4 Å². The molecule has 2 aromatic carbocycles. The molecule has 0 unspecified atom stereocenters. The van der Waals surface area contributed by atoms with Gasteiger partial charge >= 0.3 is 11.7 Å². The van der Waals surface area contributed by atoms with Gasteiger partial charge in [0.2, 0.25) is 11.0 Å². The summed E-state index contributed by atoms with van der Waals surface area (Å²) in [6.07, 6.45) is 1.25. The van der Waals surface area contributed by atoms with Crippen LogP contribution in [0.25, 0.3) is 28.8 Å². The van der Waals surface area contributed by atoms with Crippen molar-refractivity contribution in [3.63, 3.8) is 0 Å². The highest BCUT2D eigenvalue weighted by atomic mass is 35.5. The molecule has 0 saturated carbocycles. The van der Waals surface area contributed by atoms with Crippen LogP contribution in [0.15, 0.2) is 63.0 Å². The third-order valence-electron chi connectivity index (χ3n) is 4.62. The van der Waals surface area contributed by atoms with Crippen molar-refractivity contribution in [3.05, 3.63) is 80.2 Å². The summed E-state index contributed by atoms with van der Waals surface area (Å²) >= 11 is 6.83. The average molecular weight is 517 g/mol. The minimum absolute atomic E-state index is 0.122. The van der Waals surface area contributed by atoms with Crippen molar-refractivity contribution < 1.29 is 28.4 Å². The van der Waals surface area contributed by atoms with Gasteiger partial charge in [-0.3, -0.25) is 15.2 Å². The number of furan rings is 1. The van der Waals surface area contributed by atoms with Gasteiger partial charge in [0, 0.05) is 22.7 Å². The van der Waals surface area contributed by atoms with Crippen LogP contribution < -0.4 is 4.74 Å². The van der Waals surface area contributed by atoms with E-state index in [2.05, 4.69) is 15.2 Å². The monoisotopic (exact) mass is 516 g/mol. The number of halogens is 2. The standard InChI is InChI=1S/C22H14ClFN4O6S/c1-33-18-6-3-12(23)9-14(18)20-25-22(27-26-20)35-19(21(29)30)10-13-4-7-17(34-13)11-2-5-15(24)16(8-11)28(31)32/h2-10H,1H3,(H,29,30)(H,25,26,27)/b19-10-. The number of aliphatic carboxylic acids is 1. The zero-order valence-corrected chi connectivity index (χ0v) is 19.3. The number of nitrogens with zero attached hydrogens (tertiary/aromatic N) is 3. The highest BCUT2D eigenvalue weighted by Crippen LogP contribution is 2.34. The van der Waals surface area contributed by atoms with Crippen LogP contribution in [-0.4, -0.2) is 38.3 Å². The molecule has 0 aliphatic heterocycles. The lowest BCUT2D eigenvalue weighted by molar-refractivity contribution is -0.387. The molecular formula is C22H14ClFN4O6S. The smallest absolute Gasteiger partial charge is 0.342 e. The number of benzene rings is 2. The molecular weight excluding hydrogens is 503 g/mol. The number of carboxylic acids is 1. The van der Waals surface area contributed by atoms with E-state index in [1.807, 2.05) is 0 Å². The highest BCUT2D eigenvalue weighted by Gasteiger charge is 2.19. The van der Waals surface area contributed by atoms with Gasteiger partial charge in [-0.15, -0.1) is 5.10 Å². The molecule has 178 valence electrons. The Morgan fingerprint density at radius 2 is 2.09 bits per heavy atom.